The molecule has 0 aliphatic rings. The Kier molecular flexibility index (Phi) is 8.84. The van der Waals surface area contributed by atoms with Gasteiger partial charge in [-0.05, 0) is 13.0 Å². The minimum atomic E-state index is -4.03. The van der Waals surface area contributed by atoms with E-state index in [1.807, 2.05) is 0 Å². The molecule has 7 heteroatoms. The van der Waals surface area contributed by atoms with E-state index in [0.29, 0.717) is 0 Å². The molecule has 0 aromatic carbocycles. The van der Waals surface area contributed by atoms with Crippen LogP contribution in [0.15, 0.2) is 0 Å². The Bertz CT molecular complexity index is 140. The lowest BCUT2D eigenvalue weighted by molar-refractivity contribution is -0.135. The number of hydrogen-bond donors (Lipinski definition) is 2. The van der Waals surface area contributed by atoms with Crippen LogP contribution in [0.1, 0.15) is 26.2 Å². The Balaban J connectivity index is 0. The van der Waals surface area contributed by atoms with Crippen molar-refractivity contribution in [2.24, 2.45) is 11.5 Å². The van der Waals surface area contributed by atoms with E-state index in [9.17, 15) is 22.0 Å². The molecular formula is C8H17F5N2. The van der Waals surface area contributed by atoms with E-state index in [-0.39, 0.29) is 19.4 Å². The van der Waals surface area contributed by atoms with Crippen LogP contribution in [-0.4, -0.2) is 25.2 Å². The van der Waals surface area contributed by atoms with E-state index < -0.39 is 25.1 Å². The summed E-state index contributed by atoms with van der Waals surface area (Å²) in [6, 6.07) is 0. The van der Waals surface area contributed by atoms with Gasteiger partial charge in [0.25, 0.3) is 5.92 Å². The maximum atomic E-state index is 11.8. The summed E-state index contributed by atoms with van der Waals surface area (Å²) in [5.74, 6) is -2.64. The number of alkyl halides is 5. The van der Waals surface area contributed by atoms with E-state index in [1.165, 1.54) is 6.92 Å². The molecule has 0 aliphatic carbocycles. The zero-order valence-corrected chi connectivity index (χ0v) is 8.58. The predicted molar refractivity (Wildman–Crippen MR) is 48.6 cm³/mol. The summed E-state index contributed by atoms with van der Waals surface area (Å²) in [6.07, 6.45) is -4.92. The fourth-order valence-electron chi connectivity index (χ4n) is 0.447. The summed E-state index contributed by atoms with van der Waals surface area (Å²) in [5.41, 5.74) is 9.50. The minimum Gasteiger partial charge on any atom is -0.330 e. The van der Waals surface area contributed by atoms with E-state index in [1.54, 1.807) is 0 Å². The Hall–Kier alpha value is -0.430. The molecule has 0 saturated carbocycles. The molecule has 0 saturated heterocycles. The van der Waals surface area contributed by atoms with Crippen molar-refractivity contribution in [3.63, 3.8) is 0 Å². The van der Waals surface area contributed by atoms with Crippen LogP contribution in [0.25, 0.3) is 0 Å². The highest BCUT2D eigenvalue weighted by Crippen LogP contribution is 2.20. The van der Waals surface area contributed by atoms with Gasteiger partial charge in [0.05, 0.1) is 6.54 Å². The maximum absolute atomic E-state index is 11.8. The zero-order chi connectivity index (χ0) is 12.5. The molecular weight excluding hydrogens is 219 g/mol. The largest absolute Gasteiger partial charge is 0.389 e. The number of hydrogen-bond acceptors (Lipinski definition) is 2. The van der Waals surface area contributed by atoms with E-state index >= 15 is 0 Å². The summed E-state index contributed by atoms with van der Waals surface area (Å²) < 4.78 is 57.1. The smallest absolute Gasteiger partial charge is 0.330 e. The van der Waals surface area contributed by atoms with Crippen LogP contribution in [0.3, 0.4) is 0 Å². The third kappa shape index (κ3) is 16.3. The SMILES string of the molecule is CCC(F)(F)CN.NCCCC(F)(F)F. The van der Waals surface area contributed by atoms with Crippen molar-refractivity contribution in [1.82, 2.24) is 0 Å². The fourth-order valence-corrected chi connectivity index (χ4v) is 0.447. The van der Waals surface area contributed by atoms with Gasteiger partial charge in [0.15, 0.2) is 0 Å². The highest BCUT2D eigenvalue weighted by Gasteiger charge is 2.25. The molecule has 0 rings (SSSR count). The third-order valence-corrected chi connectivity index (χ3v) is 1.48. The van der Waals surface area contributed by atoms with Crippen LogP contribution in [0.2, 0.25) is 0 Å². The number of rotatable bonds is 4. The molecule has 4 N–H and O–H groups in total. The Labute approximate surface area is 85.8 Å². The van der Waals surface area contributed by atoms with Crippen molar-refractivity contribution in [3.8, 4) is 0 Å². The van der Waals surface area contributed by atoms with Gasteiger partial charge >= 0.3 is 6.18 Å². The van der Waals surface area contributed by atoms with Crippen molar-refractivity contribution in [3.05, 3.63) is 0 Å². The first-order valence-corrected chi connectivity index (χ1v) is 4.53. The molecule has 0 aliphatic heterocycles. The number of halogens is 5. The fraction of sp³-hybridized carbons (Fsp3) is 1.00. The van der Waals surface area contributed by atoms with Gasteiger partial charge in [0, 0.05) is 12.8 Å². The first-order chi connectivity index (χ1) is 6.68. The van der Waals surface area contributed by atoms with Gasteiger partial charge in [-0.25, -0.2) is 8.78 Å². The Morgan fingerprint density at radius 2 is 1.47 bits per heavy atom. The summed E-state index contributed by atoms with van der Waals surface area (Å²) in [4.78, 5) is 0. The second-order valence-electron chi connectivity index (χ2n) is 2.92. The van der Waals surface area contributed by atoms with Gasteiger partial charge in [-0.2, -0.15) is 13.2 Å². The van der Waals surface area contributed by atoms with Crippen molar-refractivity contribution >= 4 is 0 Å². The second kappa shape index (κ2) is 7.81. The molecule has 0 heterocycles. The molecule has 2 nitrogen and oxygen atoms in total. The minimum absolute atomic E-state index is 0.0312. The molecule has 0 fully saturated rings. The quantitative estimate of drug-likeness (QED) is 0.736. The van der Waals surface area contributed by atoms with Gasteiger partial charge in [-0.3, -0.25) is 0 Å². The first kappa shape index (κ1) is 17.0. The van der Waals surface area contributed by atoms with Crippen LogP contribution in [-0.2, 0) is 0 Å². The van der Waals surface area contributed by atoms with Crippen LogP contribution in [0.4, 0.5) is 22.0 Å². The van der Waals surface area contributed by atoms with Crippen molar-refractivity contribution in [2.75, 3.05) is 13.1 Å². The molecule has 0 atom stereocenters. The topological polar surface area (TPSA) is 52.0 Å². The summed E-state index contributed by atoms with van der Waals surface area (Å²) >= 11 is 0. The summed E-state index contributed by atoms with van der Waals surface area (Å²) in [5, 5.41) is 0. The molecule has 94 valence electrons. The number of nitrogens with two attached hydrogens (primary N) is 2. The highest BCUT2D eigenvalue weighted by molar-refractivity contribution is 4.61. The van der Waals surface area contributed by atoms with E-state index in [0.717, 1.165) is 0 Å². The van der Waals surface area contributed by atoms with Crippen LogP contribution in [0.5, 0.6) is 0 Å². The van der Waals surface area contributed by atoms with Crippen LogP contribution in [0, 0.1) is 0 Å². The van der Waals surface area contributed by atoms with Crippen molar-refractivity contribution in [2.45, 2.75) is 38.3 Å². The summed E-state index contributed by atoms with van der Waals surface area (Å²) in [7, 11) is 0. The predicted octanol–water partition coefficient (Wildman–Crippen LogP) is 2.28. The molecule has 0 amide bonds. The second-order valence-corrected chi connectivity index (χ2v) is 2.92. The van der Waals surface area contributed by atoms with Gasteiger partial charge < -0.3 is 11.5 Å². The van der Waals surface area contributed by atoms with Crippen molar-refractivity contribution < 1.29 is 22.0 Å². The van der Waals surface area contributed by atoms with Crippen LogP contribution < -0.4 is 11.5 Å². The summed E-state index contributed by atoms with van der Waals surface area (Å²) in [6.45, 7) is 0.982. The molecule has 15 heavy (non-hydrogen) atoms. The average molecular weight is 236 g/mol. The van der Waals surface area contributed by atoms with Crippen molar-refractivity contribution in [1.29, 1.82) is 0 Å². The van der Waals surface area contributed by atoms with Crippen LogP contribution >= 0.6 is 0 Å². The molecule has 0 spiro atoms. The highest BCUT2D eigenvalue weighted by atomic mass is 19.4. The maximum Gasteiger partial charge on any atom is 0.389 e. The van der Waals surface area contributed by atoms with E-state index in [2.05, 4.69) is 5.73 Å². The lowest BCUT2D eigenvalue weighted by Crippen LogP contribution is -2.26. The lowest BCUT2D eigenvalue weighted by Gasteiger charge is -2.08. The normalized spacial score (nSPS) is 12.0. The molecule has 0 unspecified atom stereocenters. The monoisotopic (exact) mass is 236 g/mol. The van der Waals surface area contributed by atoms with E-state index in [4.69, 9.17) is 5.73 Å². The van der Waals surface area contributed by atoms with Gasteiger partial charge in [0.2, 0.25) is 0 Å². The van der Waals surface area contributed by atoms with Gasteiger partial charge in [0.1, 0.15) is 0 Å². The Morgan fingerprint density at radius 3 is 1.53 bits per heavy atom. The standard InChI is InChI=1S/C4H8F3N.C4H9F2N/c5-4(6,7)2-1-3-8;1-2-4(5,6)3-7/h1-3,8H2;2-3,7H2,1H3. The first-order valence-electron chi connectivity index (χ1n) is 4.53. The third-order valence-electron chi connectivity index (χ3n) is 1.48. The zero-order valence-electron chi connectivity index (χ0n) is 8.58. The van der Waals surface area contributed by atoms with Gasteiger partial charge in [-0.15, -0.1) is 0 Å². The molecule has 0 aromatic rings. The molecule has 0 bridgehead atoms. The lowest BCUT2D eigenvalue weighted by atomic mass is 10.3. The average Bonchev–Trinajstić information content (AvgIpc) is 2.15. The van der Waals surface area contributed by atoms with Gasteiger partial charge in [-0.1, -0.05) is 6.92 Å². The molecule has 0 radical (unpaired) electrons. The molecule has 0 aromatic heterocycles. The Morgan fingerprint density at radius 1 is 1.00 bits per heavy atom.